The summed E-state index contributed by atoms with van der Waals surface area (Å²) in [6, 6.07) is 1.31. The lowest BCUT2D eigenvalue weighted by molar-refractivity contribution is -0.137. The van der Waals surface area contributed by atoms with Gasteiger partial charge in [-0.3, -0.25) is 4.79 Å². The number of hydrogen-bond acceptors (Lipinski definition) is 4. The number of aliphatic hydroxyl groups is 1. The van der Waals surface area contributed by atoms with Gasteiger partial charge in [0.2, 0.25) is 5.91 Å². The Morgan fingerprint density at radius 3 is 2.24 bits per heavy atom. The van der Waals surface area contributed by atoms with E-state index in [0.717, 1.165) is 20.1 Å². The fourth-order valence-corrected chi connectivity index (χ4v) is 1.64. The second-order valence-electron chi connectivity index (χ2n) is 4.06. The van der Waals surface area contributed by atoms with Gasteiger partial charge in [0.25, 0.3) is 0 Å². The van der Waals surface area contributed by atoms with Gasteiger partial charge in [-0.05, 0) is 12.1 Å². The number of anilines is 1. The molecule has 1 amide bonds. The number of carbonyl (C=O) groups is 2. The first kappa shape index (κ1) is 16.5. The lowest BCUT2D eigenvalue weighted by atomic mass is 10.00. The van der Waals surface area contributed by atoms with Crippen LogP contribution in [0, 0.1) is 0 Å². The Hall–Kier alpha value is -2.51. The molecule has 0 bridgehead atoms. The van der Waals surface area contributed by atoms with Crippen LogP contribution >= 0.6 is 0 Å². The van der Waals surface area contributed by atoms with Crippen molar-refractivity contribution in [1.82, 2.24) is 0 Å². The van der Waals surface area contributed by atoms with Crippen molar-refractivity contribution < 1.29 is 32.6 Å². The van der Waals surface area contributed by atoms with Crippen LogP contribution in [-0.2, 0) is 15.7 Å². The van der Waals surface area contributed by atoms with Gasteiger partial charge < -0.3 is 15.2 Å². The van der Waals surface area contributed by atoms with Crippen molar-refractivity contribution in [2.24, 2.45) is 0 Å². The summed E-state index contributed by atoms with van der Waals surface area (Å²) in [5.41, 5.74) is -2.60. The minimum Gasteiger partial charge on any atom is -0.508 e. The Morgan fingerprint density at radius 1 is 1.29 bits per heavy atom. The summed E-state index contributed by atoms with van der Waals surface area (Å²) in [5.74, 6) is -2.49. The smallest absolute Gasteiger partial charge is 0.417 e. The molecular weight excluding hydrogens is 291 g/mol. The highest BCUT2D eigenvalue weighted by Crippen LogP contribution is 2.37. The van der Waals surface area contributed by atoms with Crippen molar-refractivity contribution in [3.05, 3.63) is 35.4 Å². The van der Waals surface area contributed by atoms with E-state index in [1.165, 1.54) is 0 Å². The minimum atomic E-state index is -4.80. The second-order valence-corrected chi connectivity index (χ2v) is 4.06. The van der Waals surface area contributed by atoms with E-state index in [0.29, 0.717) is 6.07 Å². The van der Waals surface area contributed by atoms with Crippen molar-refractivity contribution in [1.29, 1.82) is 0 Å². The lowest BCUT2D eigenvalue weighted by Crippen LogP contribution is -2.16. The zero-order chi connectivity index (χ0) is 16.4. The van der Waals surface area contributed by atoms with Crippen molar-refractivity contribution in [2.75, 3.05) is 12.4 Å². The number of nitrogens with one attached hydrogen (secondary N) is 1. The van der Waals surface area contributed by atoms with Crippen LogP contribution in [0.3, 0.4) is 0 Å². The summed E-state index contributed by atoms with van der Waals surface area (Å²) in [6.07, 6.45) is -4.80. The van der Waals surface area contributed by atoms with Crippen molar-refractivity contribution >= 4 is 23.3 Å². The van der Waals surface area contributed by atoms with Crippen LogP contribution in [0.15, 0.2) is 18.7 Å². The number of methoxy groups -OCH3 is 1. The van der Waals surface area contributed by atoms with Crippen LogP contribution in [0.5, 0.6) is 0 Å². The van der Waals surface area contributed by atoms with E-state index in [-0.39, 0.29) is 11.3 Å². The van der Waals surface area contributed by atoms with Crippen LogP contribution < -0.4 is 5.32 Å². The van der Waals surface area contributed by atoms with Crippen LogP contribution in [-0.4, -0.2) is 24.1 Å². The fourth-order valence-electron chi connectivity index (χ4n) is 1.64. The minimum absolute atomic E-state index is 0.328. The summed E-state index contributed by atoms with van der Waals surface area (Å²) in [6.45, 7) is 4.11. The normalized spacial score (nSPS) is 10.9. The molecule has 0 aliphatic carbocycles. The Kier molecular flexibility index (Phi) is 4.62. The monoisotopic (exact) mass is 303 g/mol. The molecule has 0 saturated heterocycles. The Labute approximate surface area is 118 Å². The summed E-state index contributed by atoms with van der Waals surface area (Å²) in [4.78, 5) is 22.6. The predicted molar refractivity (Wildman–Crippen MR) is 68.8 cm³/mol. The molecule has 0 fully saturated rings. The number of ether oxygens (including phenoxy) is 1. The van der Waals surface area contributed by atoms with E-state index in [2.05, 4.69) is 16.6 Å². The third-order valence-electron chi connectivity index (χ3n) is 2.49. The zero-order valence-electron chi connectivity index (χ0n) is 11.2. The van der Waals surface area contributed by atoms with E-state index in [9.17, 15) is 27.9 Å². The van der Waals surface area contributed by atoms with Crippen molar-refractivity contribution in [2.45, 2.75) is 13.1 Å². The molecule has 5 nitrogen and oxygen atoms in total. The van der Waals surface area contributed by atoms with E-state index in [1.54, 1.807) is 0 Å². The summed E-state index contributed by atoms with van der Waals surface area (Å²) >= 11 is 0. The average Bonchev–Trinajstić information content (AvgIpc) is 2.35. The van der Waals surface area contributed by atoms with Gasteiger partial charge in [-0.2, -0.15) is 13.2 Å². The van der Waals surface area contributed by atoms with Crippen LogP contribution in [0.2, 0.25) is 0 Å². The SMILES string of the molecule is C=C(O)c1cc(C(=O)OC)c(NC(C)=O)cc1C(F)(F)F. The molecule has 0 saturated carbocycles. The third-order valence-corrected chi connectivity index (χ3v) is 2.49. The van der Waals surface area contributed by atoms with E-state index in [4.69, 9.17) is 0 Å². The third kappa shape index (κ3) is 3.74. The first-order valence-electron chi connectivity index (χ1n) is 5.57. The molecule has 0 radical (unpaired) electrons. The van der Waals surface area contributed by atoms with Gasteiger partial charge in [-0.25, -0.2) is 4.79 Å². The van der Waals surface area contributed by atoms with Crippen LogP contribution in [0.25, 0.3) is 5.76 Å². The number of aliphatic hydroxyl groups excluding tert-OH is 1. The molecule has 0 atom stereocenters. The first-order valence-corrected chi connectivity index (χ1v) is 5.57. The van der Waals surface area contributed by atoms with Gasteiger partial charge in [0.1, 0.15) is 5.76 Å². The molecule has 21 heavy (non-hydrogen) atoms. The van der Waals surface area contributed by atoms with E-state index < -0.39 is 34.9 Å². The topological polar surface area (TPSA) is 75.6 Å². The van der Waals surface area contributed by atoms with Crippen LogP contribution in [0.1, 0.15) is 28.4 Å². The number of halogens is 3. The van der Waals surface area contributed by atoms with Gasteiger partial charge in [-0.1, -0.05) is 6.58 Å². The van der Waals surface area contributed by atoms with Crippen molar-refractivity contribution in [3.8, 4) is 0 Å². The average molecular weight is 303 g/mol. The first-order chi connectivity index (χ1) is 9.57. The summed E-state index contributed by atoms with van der Waals surface area (Å²) in [5, 5.41) is 11.4. The highest BCUT2D eigenvalue weighted by Gasteiger charge is 2.36. The summed E-state index contributed by atoms with van der Waals surface area (Å²) < 4.78 is 43.3. The highest BCUT2D eigenvalue weighted by molar-refractivity contribution is 6.01. The van der Waals surface area contributed by atoms with Gasteiger partial charge in [0.05, 0.1) is 23.9 Å². The molecule has 1 aromatic carbocycles. The van der Waals surface area contributed by atoms with Gasteiger partial charge in [-0.15, -0.1) is 0 Å². The maximum Gasteiger partial charge on any atom is 0.417 e. The maximum absolute atomic E-state index is 13.0. The number of carbonyl (C=O) groups excluding carboxylic acids is 2. The second kappa shape index (κ2) is 5.86. The van der Waals surface area contributed by atoms with E-state index >= 15 is 0 Å². The molecule has 0 spiro atoms. The van der Waals surface area contributed by atoms with Gasteiger partial charge >= 0.3 is 12.1 Å². The number of benzene rings is 1. The molecule has 0 unspecified atom stereocenters. The highest BCUT2D eigenvalue weighted by atomic mass is 19.4. The maximum atomic E-state index is 13.0. The molecule has 114 valence electrons. The number of hydrogen-bond donors (Lipinski definition) is 2. The molecule has 0 heterocycles. The number of amides is 1. The van der Waals surface area contributed by atoms with Crippen LogP contribution in [0.4, 0.5) is 18.9 Å². The standard InChI is InChI=1S/C13H12F3NO4/c1-6(18)8-4-9(12(20)21-3)11(17-7(2)19)5-10(8)13(14,15)16/h4-5,18H,1H2,2-3H3,(H,17,19). The quantitative estimate of drug-likeness (QED) is 0.665. The fraction of sp³-hybridized carbons (Fsp3) is 0.231. The Bertz CT molecular complexity index is 608. The molecule has 0 aromatic heterocycles. The lowest BCUT2D eigenvalue weighted by Gasteiger charge is -2.16. The molecule has 2 N–H and O–H groups in total. The van der Waals surface area contributed by atoms with Gasteiger partial charge in [0.15, 0.2) is 0 Å². The zero-order valence-corrected chi connectivity index (χ0v) is 11.2. The number of esters is 1. The molecule has 0 aliphatic rings. The van der Waals surface area contributed by atoms with E-state index in [1.807, 2.05) is 0 Å². The number of rotatable bonds is 3. The van der Waals surface area contributed by atoms with Gasteiger partial charge in [0, 0.05) is 12.5 Å². The largest absolute Gasteiger partial charge is 0.508 e. The Morgan fingerprint density at radius 2 is 1.86 bits per heavy atom. The molecule has 1 rings (SSSR count). The molecule has 0 aliphatic heterocycles. The molecule has 8 heteroatoms. The Balaban J connectivity index is 3.65. The predicted octanol–water partition coefficient (Wildman–Crippen LogP) is 2.98. The molecular formula is C13H12F3NO4. The summed E-state index contributed by atoms with van der Waals surface area (Å²) in [7, 11) is 1.03. The molecule has 1 aromatic rings. The van der Waals surface area contributed by atoms with Crippen molar-refractivity contribution in [3.63, 3.8) is 0 Å². The number of alkyl halides is 3.